The van der Waals surface area contributed by atoms with Crippen molar-refractivity contribution in [1.82, 2.24) is 4.90 Å². The van der Waals surface area contributed by atoms with Gasteiger partial charge in [-0.05, 0) is 47.1 Å². The maximum absolute atomic E-state index is 12.5. The SMILES string of the molecule is CC(c1ccc(Br)s1)N1C(=O)c2cccc(N)c2C1=O. The number of carbonyl (C=O) groups excluding carboxylic acids is 2. The highest BCUT2D eigenvalue weighted by atomic mass is 79.9. The van der Waals surface area contributed by atoms with Crippen LogP contribution in [0.3, 0.4) is 0 Å². The second-order valence-corrected chi connectivity index (χ2v) is 7.06. The molecule has 0 fully saturated rings. The number of hydrogen-bond acceptors (Lipinski definition) is 4. The van der Waals surface area contributed by atoms with E-state index in [4.69, 9.17) is 5.73 Å². The quantitative estimate of drug-likeness (QED) is 0.666. The molecule has 1 aromatic carbocycles. The summed E-state index contributed by atoms with van der Waals surface area (Å²) >= 11 is 4.90. The van der Waals surface area contributed by atoms with Crippen LogP contribution in [0.1, 0.15) is 38.6 Å². The van der Waals surface area contributed by atoms with E-state index >= 15 is 0 Å². The minimum absolute atomic E-state index is 0.283. The number of fused-ring (bicyclic) bond motifs is 1. The van der Waals surface area contributed by atoms with Crippen LogP contribution >= 0.6 is 27.3 Å². The summed E-state index contributed by atoms with van der Waals surface area (Å²) in [5, 5.41) is 0. The third kappa shape index (κ3) is 1.87. The summed E-state index contributed by atoms with van der Waals surface area (Å²) in [7, 11) is 0. The van der Waals surface area contributed by atoms with Crippen molar-refractivity contribution in [2.45, 2.75) is 13.0 Å². The first kappa shape index (κ1) is 13.3. The van der Waals surface area contributed by atoms with Crippen LogP contribution in [0.15, 0.2) is 34.1 Å². The van der Waals surface area contributed by atoms with Gasteiger partial charge in [-0.2, -0.15) is 0 Å². The summed E-state index contributed by atoms with van der Waals surface area (Å²) in [6.45, 7) is 1.84. The maximum Gasteiger partial charge on any atom is 0.264 e. The van der Waals surface area contributed by atoms with Crippen molar-refractivity contribution in [3.63, 3.8) is 0 Å². The van der Waals surface area contributed by atoms with E-state index in [9.17, 15) is 9.59 Å². The number of rotatable bonds is 2. The molecule has 1 aliphatic heterocycles. The Balaban J connectivity index is 2.04. The monoisotopic (exact) mass is 350 g/mol. The van der Waals surface area contributed by atoms with Crippen LogP contribution < -0.4 is 5.73 Å². The van der Waals surface area contributed by atoms with Gasteiger partial charge < -0.3 is 5.73 Å². The van der Waals surface area contributed by atoms with E-state index in [2.05, 4.69) is 15.9 Å². The van der Waals surface area contributed by atoms with E-state index in [0.29, 0.717) is 16.8 Å². The summed E-state index contributed by atoms with van der Waals surface area (Å²) in [4.78, 5) is 27.1. The summed E-state index contributed by atoms with van der Waals surface area (Å²) in [5.41, 5.74) is 6.88. The minimum Gasteiger partial charge on any atom is -0.398 e. The van der Waals surface area contributed by atoms with Gasteiger partial charge in [-0.25, -0.2) is 0 Å². The minimum atomic E-state index is -0.319. The van der Waals surface area contributed by atoms with Crippen molar-refractivity contribution < 1.29 is 9.59 Å². The van der Waals surface area contributed by atoms with Gasteiger partial charge in [0.1, 0.15) is 0 Å². The molecule has 20 heavy (non-hydrogen) atoms. The first-order valence-electron chi connectivity index (χ1n) is 6.02. The van der Waals surface area contributed by atoms with Crippen molar-refractivity contribution in [1.29, 1.82) is 0 Å². The highest BCUT2D eigenvalue weighted by molar-refractivity contribution is 9.11. The second kappa shape index (κ2) is 4.71. The second-order valence-electron chi connectivity index (χ2n) is 4.57. The smallest absolute Gasteiger partial charge is 0.264 e. The molecule has 1 atom stereocenters. The Bertz CT molecular complexity index is 726. The number of nitrogens with two attached hydrogens (primary N) is 1. The molecule has 0 aliphatic carbocycles. The van der Waals surface area contributed by atoms with Crippen LogP contribution in [0.5, 0.6) is 0 Å². The van der Waals surface area contributed by atoms with Crippen molar-refractivity contribution in [2.75, 3.05) is 5.73 Å². The number of halogens is 1. The number of imide groups is 1. The summed E-state index contributed by atoms with van der Waals surface area (Å²) in [6, 6.07) is 8.48. The third-order valence-corrected chi connectivity index (χ3v) is 5.17. The molecular weight excluding hydrogens is 340 g/mol. The number of hydrogen-bond donors (Lipinski definition) is 1. The maximum atomic E-state index is 12.5. The lowest BCUT2D eigenvalue weighted by atomic mass is 10.1. The van der Waals surface area contributed by atoms with Crippen LogP contribution in [0.25, 0.3) is 0 Å². The van der Waals surface area contributed by atoms with E-state index in [0.717, 1.165) is 8.66 Å². The Hall–Kier alpha value is -1.66. The number of carbonyl (C=O) groups is 2. The van der Waals surface area contributed by atoms with Crippen LogP contribution in [0, 0.1) is 0 Å². The van der Waals surface area contributed by atoms with E-state index in [1.54, 1.807) is 18.2 Å². The molecule has 0 spiro atoms. The van der Waals surface area contributed by atoms with Crippen molar-refractivity contribution in [3.05, 3.63) is 50.1 Å². The number of nitrogen functional groups attached to an aromatic ring is 1. The summed E-state index contributed by atoms with van der Waals surface area (Å²) in [6.07, 6.45) is 0. The zero-order valence-electron chi connectivity index (χ0n) is 10.6. The van der Waals surface area contributed by atoms with Gasteiger partial charge in [0.15, 0.2) is 0 Å². The molecule has 1 unspecified atom stereocenters. The fourth-order valence-corrected chi connectivity index (χ4v) is 3.83. The highest BCUT2D eigenvalue weighted by Gasteiger charge is 2.40. The highest BCUT2D eigenvalue weighted by Crippen LogP contribution is 2.36. The zero-order valence-corrected chi connectivity index (χ0v) is 13.0. The van der Waals surface area contributed by atoms with Crippen LogP contribution in [0.2, 0.25) is 0 Å². The van der Waals surface area contributed by atoms with Gasteiger partial charge >= 0.3 is 0 Å². The Morgan fingerprint density at radius 1 is 1.20 bits per heavy atom. The molecule has 1 aliphatic rings. The standard InChI is InChI=1S/C14H11BrN2O2S/c1-7(10-5-6-11(15)20-10)17-13(18)8-3-2-4-9(16)12(8)14(17)19/h2-7H,16H2,1H3. The lowest BCUT2D eigenvalue weighted by Crippen LogP contribution is -2.32. The molecule has 4 nitrogen and oxygen atoms in total. The largest absolute Gasteiger partial charge is 0.398 e. The molecule has 3 rings (SSSR count). The average molecular weight is 351 g/mol. The molecule has 6 heteroatoms. The lowest BCUT2D eigenvalue weighted by Gasteiger charge is -2.21. The van der Waals surface area contributed by atoms with E-state index in [-0.39, 0.29) is 17.9 Å². The molecule has 2 heterocycles. The molecular formula is C14H11BrN2O2S. The van der Waals surface area contributed by atoms with Gasteiger partial charge in [-0.3, -0.25) is 14.5 Å². The average Bonchev–Trinajstić information content (AvgIpc) is 2.94. The van der Waals surface area contributed by atoms with Crippen molar-refractivity contribution in [2.24, 2.45) is 0 Å². The van der Waals surface area contributed by atoms with Gasteiger partial charge in [0, 0.05) is 10.6 Å². The summed E-state index contributed by atoms with van der Waals surface area (Å²) in [5.74, 6) is -0.602. The number of thiophene rings is 1. The van der Waals surface area contributed by atoms with Gasteiger partial charge in [-0.15, -0.1) is 11.3 Å². The fraction of sp³-hybridized carbons (Fsp3) is 0.143. The van der Waals surface area contributed by atoms with Crippen LogP contribution in [-0.4, -0.2) is 16.7 Å². The first-order chi connectivity index (χ1) is 9.50. The Morgan fingerprint density at radius 2 is 1.95 bits per heavy atom. The molecule has 0 radical (unpaired) electrons. The van der Waals surface area contributed by atoms with Crippen LogP contribution in [0.4, 0.5) is 5.69 Å². The number of anilines is 1. The van der Waals surface area contributed by atoms with E-state index in [1.807, 2.05) is 19.1 Å². The van der Waals surface area contributed by atoms with E-state index in [1.165, 1.54) is 16.2 Å². The lowest BCUT2D eigenvalue weighted by molar-refractivity contribution is 0.0598. The predicted molar refractivity (Wildman–Crippen MR) is 81.8 cm³/mol. The number of benzene rings is 1. The van der Waals surface area contributed by atoms with Crippen molar-refractivity contribution in [3.8, 4) is 0 Å². The molecule has 2 amide bonds. The number of nitrogens with zero attached hydrogens (tertiary/aromatic N) is 1. The normalized spacial score (nSPS) is 15.6. The fourth-order valence-electron chi connectivity index (χ4n) is 2.36. The molecule has 2 N–H and O–H groups in total. The first-order valence-corrected chi connectivity index (χ1v) is 7.63. The third-order valence-electron chi connectivity index (χ3n) is 3.37. The molecule has 2 aromatic rings. The Labute approximate surface area is 128 Å². The predicted octanol–water partition coefficient (Wildman–Crippen LogP) is 3.45. The molecule has 0 bridgehead atoms. The van der Waals surface area contributed by atoms with Gasteiger partial charge in [0.25, 0.3) is 11.8 Å². The van der Waals surface area contributed by atoms with Crippen LogP contribution in [-0.2, 0) is 0 Å². The summed E-state index contributed by atoms with van der Waals surface area (Å²) < 4.78 is 0.968. The van der Waals surface area contributed by atoms with Gasteiger partial charge in [0.05, 0.1) is 21.0 Å². The number of amides is 2. The Kier molecular flexibility index (Phi) is 3.14. The van der Waals surface area contributed by atoms with E-state index < -0.39 is 0 Å². The zero-order chi connectivity index (χ0) is 14.4. The topological polar surface area (TPSA) is 63.4 Å². The van der Waals surface area contributed by atoms with Gasteiger partial charge in [0.2, 0.25) is 0 Å². The molecule has 0 saturated heterocycles. The Morgan fingerprint density at radius 3 is 2.55 bits per heavy atom. The molecule has 0 saturated carbocycles. The molecule has 102 valence electrons. The van der Waals surface area contributed by atoms with Gasteiger partial charge in [-0.1, -0.05) is 6.07 Å². The van der Waals surface area contributed by atoms with Crippen molar-refractivity contribution >= 4 is 44.8 Å². The molecule has 1 aromatic heterocycles.